The van der Waals surface area contributed by atoms with Gasteiger partial charge in [-0.1, -0.05) is 6.92 Å². The molecule has 1 unspecified atom stereocenters. The van der Waals surface area contributed by atoms with E-state index in [1.807, 2.05) is 6.92 Å². The van der Waals surface area contributed by atoms with Gasteiger partial charge in [0.1, 0.15) is 0 Å². The normalized spacial score (nSPS) is 12.3. The fourth-order valence-electron chi connectivity index (χ4n) is 1.16. The van der Waals surface area contributed by atoms with E-state index in [2.05, 4.69) is 5.32 Å². The van der Waals surface area contributed by atoms with Crippen LogP contribution in [0.5, 0.6) is 5.75 Å². The van der Waals surface area contributed by atoms with Gasteiger partial charge in [0.2, 0.25) is 0 Å². The summed E-state index contributed by atoms with van der Waals surface area (Å²) in [5, 5.41) is 12.3. The summed E-state index contributed by atoms with van der Waals surface area (Å²) in [6.45, 7) is 2.31. The molecule has 0 spiro atoms. The third-order valence-electron chi connectivity index (χ3n) is 2.16. The van der Waals surface area contributed by atoms with E-state index in [9.17, 15) is 9.50 Å². The van der Waals surface area contributed by atoms with Crippen molar-refractivity contribution in [1.29, 1.82) is 0 Å². The monoisotopic (exact) mass is 213 g/mol. The quantitative estimate of drug-likeness (QED) is 0.786. The summed E-state index contributed by atoms with van der Waals surface area (Å²) >= 11 is 0. The predicted octanol–water partition coefficient (Wildman–Crippen LogP) is 2.02. The lowest BCUT2D eigenvalue weighted by Crippen LogP contribution is -2.18. The molecule has 3 nitrogen and oxygen atoms in total. The fourth-order valence-corrected chi connectivity index (χ4v) is 1.16. The standard InChI is InChI=1S/C11H16FNO2/c1-3-9(14)7-13-8-4-5-11(15-2)10(12)6-8/h4-6,9,13-14H,3,7H2,1-2H3. The van der Waals surface area contributed by atoms with E-state index in [1.54, 1.807) is 12.1 Å². The van der Waals surface area contributed by atoms with E-state index < -0.39 is 11.9 Å². The Morgan fingerprint density at radius 2 is 2.27 bits per heavy atom. The number of benzene rings is 1. The van der Waals surface area contributed by atoms with Crippen molar-refractivity contribution >= 4 is 5.69 Å². The molecule has 1 aromatic rings. The van der Waals surface area contributed by atoms with E-state index in [0.29, 0.717) is 18.7 Å². The summed E-state index contributed by atoms with van der Waals surface area (Å²) in [6.07, 6.45) is 0.265. The van der Waals surface area contributed by atoms with Crippen LogP contribution in [0.1, 0.15) is 13.3 Å². The zero-order chi connectivity index (χ0) is 11.3. The molecule has 0 fully saturated rings. The summed E-state index contributed by atoms with van der Waals surface area (Å²) in [4.78, 5) is 0. The average Bonchev–Trinajstić information content (AvgIpc) is 2.26. The largest absolute Gasteiger partial charge is 0.494 e. The van der Waals surface area contributed by atoms with Crippen molar-refractivity contribution in [3.63, 3.8) is 0 Å². The number of aliphatic hydroxyl groups excluding tert-OH is 1. The van der Waals surface area contributed by atoms with Gasteiger partial charge in [0.05, 0.1) is 13.2 Å². The van der Waals surface area contributed by atoms with Crippen LogP contribution in [0, 0.1) is 5.82 Å². The highest BCUT2D eigenvalue weighted by molar-refractivity contribution is 5.47. The highest BCUT2D eigenvalue weighted by atomic mass is 19.1. The highest BCUT2D eigenvalue weighted by Gasteiger charge is 2.04. The predicted molar refractivity (Wildman–Crippen MR) is 57.7 cm³/mol. The molecule has 0 bridgehead atoms. The second-order valence-corrected chi connectivity index (χ2v) is 3.29. The molecule has 0 aliphatic rings. The Bertz CT molecular complexity index is 317. The zero-order valence-electron chi connectivity index (χ0n) is 8.96. The SMILES string of the molecule is CCC(O)CNc1ccc(OC)c(F)c1. The van der Waals surface area contributed by atoms with Gasteiger partial charge in [-0.15, -0.1) is 0 Å². The number of halogens is 1. The number of aliphatic hydroxyl groups is 1. The Balaban J connectivity index is 2.59. The Kier molecular flexibility index (Phi) is 4.37. The average molecular weight is 213 g/mol. The maximum Gasteiger partial charge on any atom is 0.167 e. The van der Waals surface area contributed by atoms with Crippen LogP contribution in [0.25, 0.3) is 0 Å². The molecule has 0 heterocycles. The molecule has 0 radical (unpaired) electrons. The fraction of sp³-hybridized carbons (Fsp3) is 0.455. The van der Waals surface area contributed by atoms with Crippen LogP contribution in [-0.4, -0.2) is 24.9 Å². The number of rotatable bonds is 5. The van der Waals surface area contributed by atoms with Crippen molar-refractivity contribution in [2.45, 2.75) is 19.4 Å². The van der Waals surface area contributed by atoms with Crippen LogP contribution in [0.4, 0.5) is 10.1 Å². The minimum absolute atomic E-state index is 0.219. The second-order valence-electron chi connectivity index (χ2n) is 3.29. The number of ether oxygens (including phenoxy) is 1. The molecule has 0 saturated carbocycles. The summed E-state index contributed by atoms with van der Waals surface area (Å²) in [5.74, 6) is -0.190. The zero-order valence-corrected chi connectivity index (χ0v) is 8.96. The van der Waals surface area contributed by atoms with Crippen LogP contribution >= 0.6 is 0 Å². The van der Waals surface area contributed by atoms with Gasteiger partial charge in [0.25, 0.3) is 0 Å². The highest BCUT2D eigenvalue weighted by Crippen LogP contribution is 2.20. The minimum atomic E-state index is -0.409. The molecule has 15 heavy (non-hydrogen) atoms. The smallest absolute Gasteiger partial charge is 0.167 e. The molecular weight excluding hydrogens is 197 g/mol. The molecule has 1 rings (SSSR count). The van der Waals surface area contributed by atoms with Crippen LogP contribution in [0.3, 0.4) is 0 Å². The molecule has 1 aromatic carbocycles. The Hall–Kier alpha value is -1.29. The molecule has 1 atom stereocenters. The lowest BCUT2D eigenvalue weighted by molar-refractivity contribution is 0.183. The molecule has 0 aliphatic carbocycles. The van der Waals surface area contributed by atoms with Gasteiger partial charge in [-0.3, -0.25) is 0 Å². The van der Waals surface area contributed by atoms with E-state index in [0.717, 1.165) is 0 Å². The van der Waals surface area contributed by atoms with Crippen LogP contribution < -0.4 is 10.1 Å². The maximum absolute atomic E-state index is 13.2. The Labute approximate surface area is 88.9 Å². The third-order valence-corrected chi connectivity index (χ3v) is 2.16. The Morgan fingerprint density at radius 1 is 1.53 bits per heavy atom. The van der Waals surface area contributed by atoms with Crippen molar-refractivity contribution in [1.82, 2.24) is 0 Å². The molecule has 0 saturated heterocycles. The van der Waals surface area contributed by atoms with Crippen molar-refractivity contribution in [3.8, 4) is 5.75 Å². The van der Waals surface area contributed by atoms with Gasteiger partial charge in [0, 0.05) is 18.3 Å². The van der Waals surface area contributed by atoms with Gasteiger partial charge >= 0.3 is 0 Å². The molecule has 4 heteroatoms. The van der Waals surface area contributed by atoms with E-state index in [1.165, 1.54) is 13.2 Å². The summed E-state index contributed by atoms with van der Waals surface area (Å²) < 4.78 is 18.0. The first-order valence-electron chi connectivity index (χ1n) is 4.92. The summed E-state index contributed by atoms with van der Waals surface area (Å²) in [6, 6.07) is 4.61. The van der Waals surface area contributed by atoms with Crippen LogP contribution in [0.2, 0.25) is 0 Å². The van der Waals surface area contributed by atoms with Gasteiger partial charge in [-0.2, -0.15) is 0 Å². The topological polar surface area (TPSA) is 41.5 Å². The lowest BCUT2D eigenvalue weighted by Gasteiger charge is -2.11. The molecule has 0 aromatic heterocycles. The first-order chi connectivity index (χ1) is 7.17. The van der Waals surface area contributed by atoms with E-state index in [4.69, 9.17) is 4.74 Å². The molecule has 2 N–H and O–H groups in total. The van der Waals surface area contributed by atoms with Gasteiger partial charge in [0.15, 0.2) is 11.6 Å². The van der Waals surface area contributed by atoms with Crippen LogP contribution in [-0.2, 0) is 0 Å². The second kappa shape index (κ2) is 5.56. The first kappa shape index (κ1) is 11.8. The van der Waals surface area contributed by atoms with Crippen molar-refractivity contribution in [2.24, 2.45) is 0 Å². The van der Waals surface area contributed by atoms with Crippen molar-refractivity contribution < 1.29 is 14.2 Å². The van der Waals surface area contributed by atoms with Gasteiger partial charge in [-0.05, 0) is 18.6 Å². The maximum atomic E-state index is 13.2. The van der Waals surface area contributed by atoms with Crippen molar-refractivity contribution in [2.75, 3.05) is 19.0 Å². The summed E-state index contributed by atoms with van der Waals surface area (Å²) in [7, 11) is 1.42. The molecular formula is C11H16FNO2. The van der Waals surface area contributed by atoms with Gasteiger partial charge in [-0.25, -0.2) is 4.39 Å². The minimum Gasteiger partial charge on any atom is -0.494 e. The number of methoxy groups -OCH3 is 1. The van der Waals surface area contributed by atoms with E-state index >= 15 is 0 Å². The Morgan fingerprint density at radius 3 is 2.80 bits per heavy atom. The number of hydrogen-bond donors (Lipinski definition) is 2. The molecule has 84 valence electrons. The van der Waals surface area contributed by atoms with Gasteiger partial charge < -0.3 is 15.2 Å². The first-order valence-corrected chi connectivity index (χ1v) is 4.92. The number of nitrogens with one attached hydrogen (secondary N) is 1. The molecule has 0 aliphatic heterocycles. The van der Waals surface area contributed by atoms with Crippen molar-refractivity contribution in [3.05, 3.63) is 24.0 Å². The number of anilines is 1. The lowest BCUT2D eigenvalue weighted by atomic mass is 10.2. The van der Waals surface area contributed by atoms with Crippen LogP contribution in [0.15, 0.2) is 18.2 Å². The third kappa shape index (κ3) is 3.40. The summed E-state index contributed by atoms with van der Waals surface area (Å²) in [5.41, 5.74) is 0.640. The van der Waals surface area contributed by atoms with E-state index in [-0.39, 0.29) is 5.75 Å². The number of hydrogen-bond acceptors (Lipinski definition) is 3. The molecule has 0 amide bonds.